The van der Waals surface area contributed by atoms with Gasteiger partial charge in [0.05, 0.1) is 6.54 Å². The number of anilines is 1. The molecule has 3 rings (SSSR count). The summed E-state index contributed by atoms with van der Waals surface area (Å²) in [6, 6.07) is 7.11. The van der Waals surface area contributed by atoms with Crippen LogP contribution in [0, 0.1) is 11.8 Å². The lowest BCUT2D eigenvalue weighted by Crippen LogP contribution is -2.45. The van der Waals surface area contributed by atoms with Crippen LogP contribution < -0.4 is 5.32 Å². The van der Waals surface area contributed by atoms with Gasteiger partial charge in [0.15, 0.2) is 0 Å². The van der Waals surface area contributed by atoms with Crippen molar-refractivity contribution in [1.29, 1.82) is 0 Å². The first-order valence-corrected chi connectivity index (χ1v) is 11.0. The van der Waals surface area contributed by atoms with E-state index >= 15 is 0 Å². The summed E-state index contributed by atoms with van der Waals surface area (Å²) in [6.45, 7) is 8.42. The standard InChI is InChI=1S/C23H36N4O2/c1-18-10-13-26(14-11-18)15-19-5-4-12-27(16-19)17-22(28)24-21-8-6-20(7-9-21)23(29)25(2)3/h6-9,18-19H,4-5,10-17H2,1-3H3,(H,24,28). The number of hydrogen-bond acceptors (Lipinski definition) is 4. The van der Waals surface area contributed by atoms with Crippen molar-refractivity contribution in [3.8, 4) is 0 Å². The molecule has 1 unspecified atom stereocenters. The van der Waals surface area contributed by atoms with Crippen molar-refractivity contribution in [2.75, 3.05) is 58.7 Å². The molecule has 2 aliphatic rings. The highest BCUT2D eigenvalue weighted by atomic mass is 16.2. The molecule has 1 aromatic carbocycles. The molecule has 160 valence electrons. The van der Waals surface area contributed by atoms with Crippen LogP contribution in [0.15, 0.2) is 24.3 Å². The van der Waals surface area contributed by atoms with Gasteiger partial charge in [0.25, 0.3) is 5.91 Å². The molecule has 0 aromatic heterocycles. The molecule has 0 radical (unpaired) electrons. The zero-order valence-corrected chi connectivity index (χ0v) is 18.2. The van der Waals surface area contributed by atoms with Crippen LogP contribution in [0.5, 0.6) is 0 Å². The van der Waals surface area contributed by atoms with Gasteiger partial charge in [-0.2, -0.15) is 0 Å². The van der Waals surface area contributed by atoms with Crippen LogP contribution in [0.3, 0.4) is 0 Å². The molecule has 2 saturated heterocycles. The van der Waals surface area contributed by atoms with Crippen LogP contribution in [-0.4, -0.2) is 79.9 Å². The lowest BCUT2D eigenvalue weighted by molar-refractivity contribution is -0.117. The molecular formula is C23H36N4O2. The first-order valence-electron chi connectivity index (χ1n) is 11.0. The Balaban J connectivity index is 1.44. The van der Waals surface area contributed by atoms with E-state index in [-0.39, 0.29) is 11.8 Å². The third kappa shape index (κ3) is 6.54. The summed E-state index contributed by atoms with van der Waals surface area (Å²) in [6.07, 6.45) is 5.07. The van der Waals surface area contributed by atoms with Gasteiger partial charge < -0.3 is 15.1 Å². The van der Waals surface area contributed by atoms with Gasteiger partial charge in [-0.15, -0.1) is 0 Å². The van der Waals surface area contributed by atoms with Gasteiger partial charge in [-0.25, -0.2) is 0 Å². The number of benzene rings is 1. The number of hydrogen-bond donors (Lipinski definition) is 1. The van der Waals surface area contributed by atoms with Crippen LogP contribution in [0.2, 0.25) is 0 Å². The largest absolute Gasteiger partial charge is 0.345 e. The van der Waals surface area contributed by atoms with Gasteiger partial charge in [0.2, 0.25) is 5.91 Å². The van der Waals surface area contributed by atoms with Crippen LogP contribution in [0.25, 0.3) is 0 Å². The lowest BCUT2D eigenvalue weighted by atomic mass is 9.94. The molecule has 0 spiro atoms. The Hall–Kier alpha value is -1.92. The van der Waals surface area contributed by atoms with E-state index in [9.17, 15) is 9.59 Å². The Morgan fingerprint density at radius 1 is 1.03 bits per heavy atom. The molecule has 1 atom stereocenters. The summed E-state index contributed by atoms with van der Waals surface area (Å²) in [4.78, 5) is 30.9. The Morgan fingerprint density at radius 3 is 2.38 bits per heavy atom. The molecule has 6 nitrogen and oxygen atoms in total. The molecule has 2 heterocycles. The van der Waals surface area contributed by atoms with Crippen molar-refractivity contribution in [2.24, 2.45) is 11.8 Å². The van der Waals surface area contributed by atoms with Gasteiger partial charge in [0, 0.05) is 38.4 Å². The molecule has 2 aliphatic heterocycles. The highest BCUT2D eigenvalue weighted by Gasteiger charge is 2.25. The minimum absolute atomic E-state index is 0.0177. The highest BCUT2D eigenvalue weighted by molar-refractivity contribution is 5.96. The van der Waals surface area contributed by atoms with E-state index in [4.69, 9.17) is 0 Å². The molecular weight excluding hydrogens is 364 g/mol. The Kier molecular flexibility index (Phi) is 7.67. The maximum Gasteiger partial charge on any atom is 0.253 e. The normalized spacial score (nSPS) is 21.7. The van der Waals surface area contributed by atoms with Crippen LogP contribution in [0.1, 0.15) is 43.0 Å². The fourth-order valence-corrected chi connectivity index (χ4v) is 4.41. The van der Waals surface area contributed by atoms with E-state index in [1.54, 1.807) is 43.3 Å². The number of rotatable bonds is 6. The SMILES string of the molecule is CC1CCN(CC2CCCN(CC(=O)Nc3ccc(C(=O)N(C)C)cc3)C2)CC1. The second kappa shape index (κ2) is 10.2. The maximum absolute atomic E-state index is 12.5. The third-order valence-corrected chi connectivity index (χ3v) is 6.18. The zero-order valence-electron chi connectivity index (χ0n) is 18.2. The molecule has 0 saturated carbocycles. The van der Waals surface area contributed by atoms with E-state index < -0.39 is 0 Å². The Labute approximate surface area is 175 Å². The number of amides is 2. The number of carbonyl (C=O) groups is 2. The first kappa shape index (κ1) is 21.8. The zero-order chi connectivity index (χ0) is 20.8. The van der Waals surface area contributed by atoms with Crippen LogP contribution in [0.4, 0.5) is 5.69 Å². The van der Waals surface area contributed by atoms with Gasteiger partial charge in [-0.05, 0) is 81.4 Å². The number of piperidine rings is 2. The number of carbonyl (C=O) groups excluding carboxylic acids is 2. The molecule has 2 amide bonds. The Morgan fingerprint density at radius 2 is 1.72 bits per heavy atom. The fourth-order valence-electron chi connectivity index (χ4n) is 4.41. The van der Waals surface area contributed by atoms with Crippen LogP contribution in [-0.2, 0) is 4.79 Å². The summed E-state index contributed by atoms with van der Waals surface area (Å²) in [7, 11) is 3.46. The van der Waals surface area contributed by atoms with E-state index in [0.29, 0.717) is 18.0 Å². The molecule has 6 heteroatoms. The minimum atomic E-state index is -0.0367. The molecule has 0 aliphatic carbocycles. The number of nitrogens with one attached hydrogen (secondary N) is 1. The third-order valence-electron chi connectivity index (χ3n) is 6.18. The average molecular weight is 401 g/mol. The number of likely N-dealkylation sites (tertiary alicyclic amines) is 2. The topological polar surface area (TPSA) is 55.9 Å². The van der Waals surface area contributed by atoms with Crippen molar-refractivity contribution in [1.82, 2.24) is 14.7 Å². The summed E-state index contributed by atoms with van der Waals surface area (Å²) >= 11 is 0. The Bertz CT molecular complexity index is 681. The second-order valence-corrected chi connectivity index (χ2v) is 9.05. The fraction of sp³-hybridized carbons (Fsp3) is 0.652. The second-order valence-electron chi connectivity index (χ2n) is 9.05. The predicted molar refractivity (Wildman–Crippen MR) is 117 cm³/mol. The number of nitrogens with zero attached hydrogens (tertiary/aromatic N) is 3. The van der Waals surface area contributed by atoms with Gasteiger partial charge in [-0.3, -0.25) is 14.5 Å². The summed E-state index contributed by atoms with van der Waals surface area (Å²) in [5.74, 6) is 1.52. The van der Waals surface area contributed by atoms with E-state index in [0.717, 1.165) is 24.7 Å². The predicted octanol–water partition coefficient (Wildman–Crippen LogP) is 2.77. The van der Waals surface area contributed by atoms with Crippen molar-refractivity contribution in [3.05, 3.63) is 29.8 Å². The van der Waals surface area contributed by atoms with Crippen LogP contribution >= 0.6 is 0 Å². The van der Waals surface area contributed by atoms with Crippen molar-refractivity contribution in [2.45, 2.75) is 32.6 Å². The summed E-state index contributed by atoms with van der Waals surface area (Å²) < 4.78 is 0. The summed E-state index contributed by atoms with van der Waals surface area (Å²) in [5, 5.41) is 2.97. The molecule has 2 fully saturated rings. The highest BCUT2D eigenvalue weighted by Crippen LogP contribution is 2.22. The molecule has 1 N–H and O–H groups in total. The van der Waals surface area contributed by atoms with E-state index in [1.807, 2.05) is 0 Å². The van der Waals surface area contributed by atoms with Gasteiger partial charge in [0.1, 0.15) is 0 Å². The van der Waals surface area contributed by atoms with Crippen molar-refractivity contribution >= 4 is 17.5 Å². The quantitative estimate of drug-likeness (QED) is 0.798. The molecule has 29 heavy (non-hydrogen) atoms. The van der Waals surface area contributed by atoms with Crippen molar-refractivity contribution < 1.29 is 9.59 Å². The van der Waals surface area contributed by atoms with Gasteiger partial charge >= 0.3 is 0 Å². The molecule has 1 aromatic rings. The van der Waals surface area contributed by atoms with E-state index in [2.05, 4.69) is 22.0 Å². The lowest BCUT2D eigenvalue weighted by Gasteiger charge is -2.37. The first-order chi connectivity index (χ1) is 13.9. The smallest absolute Gasteiger partial charge is 0.253 e. The van der Waals surface area contributed by atoms with E-state index in [1.165, 1.54) is 45.3 Å². The molecule has 0 bridgehead atoms. The maximum atomic E-state index is 12.5. The minimum Gasteiger partial charge on any atom is -0.345 e. The van der Waals surface area contributed by atoms with Crippen molar-refractivity contribution in [3.63, 3.8) is 0 Å². The summed E-state index contributed by atoms with van der Waals surface area (Å²) in [5.41, 5.74) is 1.36. The average Bonchev–Trinajstić information content (AvgIpc) is 2.70. The van der Waals surface area contributed by atoms with Gasteiger partial charge in [-0.1, -0.05) is 6.92 Å². The monoisotopic (exact) mass is 400 g/mol.